The molecule has 1 atom stereocenters. The van der Waals surface area contributed by atoms with Crippen molar-refractivity contribution < 1.29 is 0 Å². The molecular weight excluding hydrogens is 198 g/mol. The minimum atomic E-state index is 0.530. The van der Waals surface area contributed by atoms with Crippen molar-refractivity contribution in [3.8, 4) is 0 Å². The molecule has 1 aromatic rings. The molecule has 0 saturated heterocycles. The molecule has 0 saturated carbocycles. The van der Waals surface area contributed by atoms with Gasteiger partial charge in [0.05, 0.1) is 0 Å². The Balaban J connectivity index is 3.17. The number of aryl methyl sites for hydroxylation is 1. The molecule has 0 bridgehead atoms. The molecule has 0 fully saturated rings. The first kappa shape index (κ1) is 7.04. The van der Waals surface area contributed by atoms with E-state index in [1.165, 1.54) is 16.9 Å². The van der Waals surface area contributed by atoms with Gasteiger partial charge in [-0.05, 0) is 0 Å². The molecule has 1 rings (SSSR count). The third-order valence-corrected chi connectivity index (χ3v) is 1.58. The van der Waals surface area contributed by atoms with Gasteiger partial charge < -0.3 is 0 Å². The average Bonchev–Trinajstić information content (AvgIpc) is 1.59. The van der Waals surface area contributed by atoms with Crippen molar-refractivity contribution in [2.75, 3.05) is 0 Å². The van der Waals surface area contributed by atoms with Crippen molar-refractivity contribution in [3.05, 3.63) is 16.9 Å². The molecule has 0 aliphatic rings. The zero-order chi connectivity index (χ0) is 6.85. The molecule has 2 nitrogen and oxygen atoms in total. The van der Waals surface area contributed by atoms with Crippen LogP contribution in [0.1, 0.15) is 5.69 Å². The van der Waals surface area contributed by atoms with Crippen molar-refractivity contribution >= 4 is 33.1 Å². The van der Waals surface area contributed by atoms with Crippen LogP contribution >= 0.6 is 11.6 Å². The molecule has 1 unspecified atom stereocenters. The summed E-state index contributed by atoms with van der Waals surface area (Å²) in [6, 6.07) is 1.74. The number of hydrogen-bond acceptors (Lipinski definition) is 2. The van der Waals surface area contributed by atoms with Crippen LogP contribution in [0.15, 0.2) is 6.07 Å². The van der Waals surface area contributed by atoms with Gasteiger partial charge in [-0.3, -0.25) is 0 Å². The molecule has 1 aromatic heterocycles. The minimum absolute atomic E-state index is 0.530. The number of aromatic nitrogens is 2. The molecule has 0 amide bonds. The quantitative estimate of drug-likeness (QED) is 0.428. The molecular formula is C5H6AsClN2. The topological polar surface area (TPSA) is 25.8 Å². The van der Waals surface area contributed by atoms with E-state index in [-0.39, 0.29) is 0 Å². The SMILES string of the molecule is Cc1cc(Cl)nc([AsH2])n1. The zero-order valence-electron chi connectivity index (χ0n) is 4.93. The van der Waals surface area contributed by atoms with Gasteiger partial charge >= 0.3 is 66.9 Å². The van der Waals surface area contributed by atoms with Crippen molar-refractivity contribution in [2.45, 2.75) is 6.92 Å². The van der Waals surface area contributed by atoms with Crippen LogP contribution in [-0.2, 0) is 0 Å². The van der Waals surface area contributed by atoms with Gasteiger partial charge in [0.2, 0.25) is 0 Å². The first-order valence-electron chi connectivity index (χ1n) is 2.45. The van der Waals surface area contributed by atoms with E-state index in [1.54, 1.807) is 6.07 Å². The molecule has 1 heterocycles. The van der Waals surface area contributed by atoms with Gasteiger partial charge in [-0.2, -0.15) is 0 Å². The van der Waals surface area contributed by atoms with Crippen molar-refractivity contribution in [1.29, 1.82) is 0 Å². The van der Waals surface area contributed by atoms with Crippen LogP contribution in [0.2, 0.25) is 5.15 Å². The van der Waals surface area contributed by atoms with E-state index in [0.29, 0.717) is 5.15 Å². The van der Waals surface area contributed by atoms with E-state index < -0.39 is 0 Å². The van der Waals surface area contributed by atoms with E-state index >= 15 is 0 Å². The predicted molar refractivity (Wildman–Crippen MR) is 40.0 cm³/mol. The second kappa shape index (κ2) is 2.67. The molecule has 0 radical (unpaired) electrons. The Bertz CT molecular complexity index is 176. The number of rotatable bonds is 0. The summed E-state index contributed by atoms with van der Waals surface area (Å²) in [4.78, 5) is 7.98. The summed E-state index contributed by atoms with van der Waals surface area (Å²) in [6.07, 6.45) is 0. The molecule has 4 heteroatoms. The first-order chi connectivity index (χ1) is 4.18. The molecule has 0 aliphatic carbocycles. The zero-order valence-corrected chi connectivity index (χ0v) is 8.11. The Morgan fingerprint density at radius 2 is 2.22 bits per heavy atom. The Morgan fingerprint density at radius 1 is 1.56 bits per heavy atom. The Kier molecular flexibility index (Phi) is 2.09. The van der Waals surface area contributed by atoms with Crippen molar-refractivity contribution in [1.82, 2.24) is 9.97 Å². The first-order valence-corrected chi connectivity index (χ1v) is 4.04. The Morgan fingerprint density at radius 3 is 2.67 bits per heavy atom. The molecule has 0 spiro atoms. The van der Waals surface area contributed by atoms with E-state index in [4.69, 9.17) is 11.6 Å². The maximum absolute atomic E-state index is 5.61. The normalized spacial score (nSPS) is 9.67. The molecule has 0 aliphatic heterocycles. The van der Waals surface area contributed by atoms with Gasteiger partial charge in [-0.25, -0.2) is 0 Å². The standard InChI is InChI=1S/C5H6AsClN2/c1-3-2-4(7)9-5(6)8-3/h2H,6H2,1H3. The van der Waals surface area contributed by atoms with E-state index in [1.807, 2.05) is 6.92 Å². The summed E-state index contributed by atoms with van der Waals surface area (Å²) < 4.78 is 0.785. The Labute approximate surface area is 67.2 Å². The van der Waals surface area contributed by atoms with Crippen molar-refractivity contribution in [2.24, 2.45) is 0 Å². The maximum atomic E-state index is 5.61. The summed E-state index contributed by atoms with van der Waals surface area (Å²) in [5, 5.41) is 0.530. The summed E-state index contributed by atoms with van der Waals surface area (Å²) in [5.41, 5.74) is 0.925. The fraction of sp³-hybridized carbons (Fsp3) is 0.200. The third-order valence-electron chi connectivity index (χ3n) is 0.840. The van der Waals surface area contributed by atoms with Crippen LogP contribution < -0.4 is 4.61 Å². The van der Waals surface area contributed by atoms with E-state index in [2.05, 4.69) is 9.97 Å². The second-order valence-corrected chi connectivity index (χ2v) is 3.16. The summed E-state index contributed by atoms with van der Waals surface area (Å²) in [7, 11) is 0. The molecule has 0 N–H and O–H groups in total. The van der Waals surface area contributed by atoms with Gasteiger partial charge in [-0.1, -0.05) is 0 Å². The van der Waals surface area contributed by atoms with Crippen LogP contribution in [0.3, 0.4) is 0 Å². The third kappa shape index (κ3) is 1.96. The number of halogens is 1. The average molecular weight is 204 g/mol. The van der Waals surface area contributed by atoms with Crippen molar-refractivity contribution in [3.63, 3.8) is 0 Å². The van der Waals surface area contributed by atoms with Crippen LogP contribution in [0.4, 0.5) is 0 Å². The summed E-state index contributed by atoms with van der Waals surface area (Å²) in [6.45, 7) is 1.90. The summed E-state index contributed by atoms with van der Waals surface area (Å²) in [5.74, 6) is 0. The molecule has 9 heavy (non-hydrogen) atoms. The van der Waals surface area contributed by atoms with Crippen LogP contribution in [-0.4, -0.2) is 26.8 Å². The van der Waals surface area contributed by atoms with Gasteiger partial charge in [0.1, 0.15) is 0 Å². The van der Waals surface area contributed by atoms with Gasteiger partial charge in [0.15, 0.2) is 0 Å². The Hall–Kier alpha value is -0.0716. The van der Waals surface area contributed by atoms with E-state index in [0.717, 1.165) is 10.3 Å². The predicted octanol–water partition coefficient (Wildman–Crippen LogP) is -0.303. The van der Waals surface area contributed by atoms with Gasteiger partial charge in [0, 0.05) is 0 Å². The molecule has 48 valence electrons. The monoisotopic (exact) mass is 204 g/mol. The number of nitrogens with zero attached hydrogens (tertiary/aromatic N) is 2. The molecule has 0 aromatic carbocycles. The summed E-state index contributed by atoms with van der Waals surface area (Å²) >= 11 is 7.00. The van der Waals surface area contributed by atoms with Crippen LogP contribution in [0.25, 0.3) is 0 Å². The number of hydrogen-bond donors (Lipinski definition) is 0. The van der Waals surface area contributed by atoms with Gasteiger partial charge in [0.25, 0.3) is 0 Å². The fourth-order valence-corrected chi connectivity index (χ4v) is 1.69. The van der Waals surface area contributed by atoms with E-state index in [9.17, 15) is 0 Å². The second-order valence-electron chi connectivity index (χ2n) is 1.69. The van der Waals surface area contributed by atoms with Gasteiger partial charge in [-0.15, -0.1) is 0 Å². The van der Waals surface area contributed by atoms with Crippen LogP contribution in [0, 0.1) is 6.92 Å². The fourth-order valence-electron chi connectivity index (χ4n) is 0.552. The van der Waals surface area contributed by atoms with Crippen LogP contribution in [0.5, 0.6) is 0 Å².